The maximum atomic E-state index is 12.7. The number of aromatic nitrogens is 2. The van der Waals surface area contributed by atoms with E-state index in [-0.39, 0.29) is 29.0 Å². The van der Waals surface area contributed by atoms with E-state index < -0.39 is 10.9 Å². The van der Waals surface area contributed by atoms with Gasteiger partial charge in [-0.05, 0) is 54.1 Å². The summed E-state index contributed by atoms with van der Waals surface area (Å²) < 4.78 is 16.9. The summed E-state index contributed by atoms with van der Waals surface area (Å²) in [4.78, 5) is 23.4. The largest absolute Gasteiger partial charge is 0.457 e. The molecule has 4 aromatic carbocycles. The Labute approximate surface area is 221 Å². The smallest absolute Gasteiger partial charge is 0.338 e. The molecule has 0 spiro atoms. The van der Waals surface area contributed by atoms with Crippen molar-refractivity contribution in [1.82, 2.24) is 10.2 Å². The van der Waals surface area contributed by atoms with Gasteiger partial charge in [0.2, 0.25) is 17.5 Å². The molecule has 188 valence electrons. The Morgan fingerprint density at radius 1 is 0.868 bits per heavy atom. The van der Waals surface area contributed by atoms with Crippen molar-refractivity contribution in [2.24, 2.45) is 0 Å². The third-order valence-corrected chi connectivity index (χ3v) is 5.74. The maximum absolute atomic E-state index is 12.7. The van der Waals surface area contributed by atoms with Crippen LogP contribution in [0.3, 0.4) is 0 Å². The van der Waals surface area contributed by atoms with Crippen LogP contribution < -0.4 is 4.74 Å². The standard InChI is InChI=1S/C28H18ClN3O6/c29-23-10-5-11-24(32(34)35)25(23)37-22-14-12-18(13-15-22)17-36-28(33)21-9-4-8-20(16-21)27-31-30-26(38-27)19-6-2-1-3-7-19/h1-16H,17H2. The lowest BCUT2D eigenvalue weighted by atomic mass is 10.1. The van der Waals surface area contributed by atoms with E-state index in [0.29, 0.717) is 28.3 Å². The van der Waals surface area contributed by atoms with Gasteiger partial charge in [-0.2, -0.15) is 0 Å². The summed E-state index contributed by atoms with van der Waals surface area (Å²) in [6.07, 6.45) is 0. The minimum Gasteiger partial charge on any atom is -0.457 e. The van der Waals surface area contributed by atoms with Crippen molar-refractivity contribution in [2.75, 3.05) is 0 Å². The number of esters is 1. The number of carbonyl (C=O) groups is 1. The Hall–Kier alpha value is -5.02. The van der Waals surface area contributed by atoms with Crippen molar-refractivity contribution in [3.8, 4) is 34.4 Å². The predicted molar refractivity (Wildman–Crippen MR) is 139 cm³/mol. The van der Waals surface area contributed by atoms with Crippen LogP contribution in [0.4, 0.5) is 5.69 Å². The number of halogens is 1. The monoisotopic (exact) mass is 527 g/mol. The first-order valence-electron chi connectivity index (χ1n) is 11.3. The highest BCUT2D eigenvalue weighted by Gasteiger charge is 2.19. The van der Waals surface area contributed by atoms with E-state index in [9.17, 15) is 14.9 Å². The van der Waals surface area contributed by atoms with Gasteiger partial charge >= 0.3 is 11.7 Å². The van der Waals surface area contributed by atoms with Crippen LogP contribution in [0.5, 0.6) is 11.5 Å². The van der Waals surface area contributed by atoms with E-state index in [0.717, 1.165) is 5.56 Å². The van der Waals surface area contributed by atoms with Gasteiger partial charge in [-0.3, -0.25) is 10.1 Å². The quantitative estimate of drug-likeness (QED) is 0.119. The van der Waals surface area contributed by atoms with Crippen molar-refractivity contribution in [3.63, 3.8) is 0 Å². The second kappa shape index (κ2) is 10.9. The summed E-state index contributed by atoms with van der Waals surface area (Å²) in [5.41, 5.74) is 2.16. The molecule has 0 amide bonds. The minimum absolute atomic E-state index is 0.00823. The highest BCUT2D eigenvalue weighted by molar-refractivity contribution is 6.32. The number of nitro groups is 1. The summed E-state index contributed by atoms with van der Waals surface area (Å²) in [7, 11) is 0. The lowest BCUT2D eigenvalue weighted by molar-refractivity contribution is -0.385. The molecule has 38 heavy (non-hydrogen) atoms. The van der Waals surface area contributed by atoms with Crippen LogP contribution >= 0.6 is 11.6 Å². The summed E-state index contributed by atoms with van der Waals surface area (Å²) in [5.74, 6) is 0.438. The van der Waals surface area contributed by atoms with Crippen LogP contribution in [0.1, 0.15) is 15.9 Å². The summed E-state index contributed by atoms with van der Waals surface area (Å²) in [6, 6.07) is 27.0. The Morgan fingerprint density at radius 3 is 2.29 bits per heavy atom. The highest BCUT2D eigenvalue weighted by atomic mass is 35.5. The van der Waals surface area contributed by atoms with E-state index in [2.05, 4.69) is 10.2 Å². The Bertz CT molecular complexity index is 1600. The molecule has 5 rings (SSSR count). The highest BCUT2D eigenvalue weighted by Crippen LogP contribution is 2.37. The molecule has 0 bridgehead atoms. The molecule has 0 aliphatic heterocycles. The molecule has 5 aromatic rings. The number of para-hydroxylation sites is 1. The van der Waals surface area contributed by atoms with E-state index in [1.165, 1.54) is 18.2 Å². The number of hydrogen-bond donors (Lipinski definition) is 0. The Balaban J connectivity index is 1.23. The second-order valence-electron chi connectivity index (χ2n) is 8.03. The topological polar surface area (TPSA) is 118 Å². The van der Waals surface area contributed by atoms with Crippen molar-refractivity contribution >= 4 is 23.3 Å². The van der Waals surface area contributed by atoms with Gasteiger partial charge in [0.1, 0.15) is 12.4 Å². The zero-order valence-electron chi connectivity index (χ0n) is 19.6. The predicted octanol–water partition coefficient (Wildman–Crippen LogP) is 7.11. The minimum atomic E-state index is -0.565. The van der Waals surface area contributed by atoms with Crippen molar-refractivity contribution in [2.45, 2.75) is 6.61 Å². The van der Waals surface area contributed by atoms with E-state index in [1.807, 2.05) is 30.3 Å². The number of rotatable bonds is 8. The van der Waals surface area contributed by atoms with Gasteiger partial charge in [0.15, 0.2) is 0 Å². The summed E-state index contributed by atoms with van der Waals surface area (Å²) in [6.45, 7) is 0.00823. The number of hydrogen-bond acceptors (Lipinski definition) is 8. The molecule has 0 saturated carbocycles. The fourth-order valence-electron chi connectivity index (χ4n) is 3.56. The van der Waals surface area contributed by atoms with Crippen LogP contribution in [0.2, 0.25) is 5.02 Å². The second-order valence-corrected chi connectivity index (χ2v) is 8.43. The lowest BCUT2D eigenvalue weighted by Crippen LogP contribution is -2.05. The number of nitro benzene ring substituents is 1. The fourth-order valence-corrected chi connectivity index (χ4v) is 3.77. The van der Waals surface area contributed by atoms with Gasteiger partial charge in [0.25, 0.3) is 0 Å². The first-order valence-corrected chi connectivity index (χ1v) is 11.7. The summed E-state index contributed by atoms with van der Waals surface area (Å²) >= 11 is 6.08. The first kappa shape index (κ1) is 24.7. The zero-order valence-corrected chi connectivity index (χ0v) is 20.4. The summed E-state index contributed by atoms with van der Waals surface area (Å²) in [5, 5.41) is 19.5. The SMILES string of the molecule is O=C(OCc1ccc(Oc2c(Cl)cccc2[N+](=O)[O-])cc1)c1cccc(-c2nnc(-c3ccccc3)o2)c1. The van der Waals surface area contributed by atoms with Crippen LogP contribution in [-0.2, 0) is 11.3 Å². The molecule has 0 N–H and O–H groups in total. The number of nitrogens with zero attached hydrogens (tertiary/aromatic N) is 3. The van der Waals surface area contributed by atoms with Crippen LogP contribution in [0.15, 0.2) is 101 Å². The third kappa shape index (κ3) is 5.53. The molecule has 10 heteroatoms. The van der Waals surface area contributed by atoms with Gasteiger partial charge in [0, 0.05) is 17.2 Å². The molecule has 0 aliphatic carbocycles. The zero-order chi connectivity index (χ0) is 26.5. The average Bonchev–Trinajstić information content (AvgIpc) is 3.45. The van der Waals surface area contributed by atoms with Gasteiger partial charge in [-0.1, -0.05) is 54.1 Å². The molecule has 9 nitrogen and oxygen atoms in total. The van der Waals surface area contributed by atoms with E-state index in [4.69, 9.17) is 25.5 Å². The molecule has 0 fully saturated rings. The molecule has 0 unspecified atom stereocenters. The van der Waals surface area contributed by atoms with E-state index in [1.54, 1.807) is 48.5 Å². The molecule has 0 aliphatic rings. The third-order valence-electron chi connectivity index (χ3n) is 5.45. The molecule has 1 heterocycles. The van der Waals surface area contributed by atoms with E-state index >= 15 is 0 Å². The van der Waals surface area contributed by atoms with Crippen molar-refractivity contribution < 1.29 is 23.6 Å². The Morgan fingerprint density at radius 2 is 1.55 bits per heavy atom. The van der Waals surface area contributed by atoms with Crippen LogP contribution in [-0.4, -0.2) is 21.1 Å². The van der Waals surface area contributed by atoms with Gasteiger partial charge in [-0.25, -0.2) is 4.79 Å². The normalized spacial score (nSPS) is 10.7. The molecule has 0 radical (unpaired) electrons. The fraction of sp³-hybridized carbons (Fsp3) is 0.0357. The molecule has 0 atom stereocenters. The van der Waals surface area contributed by atoms with Gasteiger partial charge < -0.3 is 13.9 Å². The van der Waals surface area contributed by atoms with Crippen LogP contribution in [0.25, 0.3) is 22.9 Å². The Kier molecular flexibility index (Phi) is 7.10. The first-order chi connectivity index (χ1) is 18.5. The van der Waals surface area contributed by atoms with Gasteiger partial charge in [0.05, 0.1) is 15.5 Å². The van der Waals surface area contributed by atoms with Crippen molar-refractivity contribution in [3.05, 3.63) is 123 Å². The number of carbonyl (C=O) groups excluding carboxylic acids is 1. The molecular formula is C28H18ClN3O6. The van der Waals surface area contributed by atoms with Crippen molar-refractivity contribution in [1.29, 1.82) is 0 Å². The average molecular weight is 528 g/mol. The van der Waals surface area contributed by atoms with Crippen LogP contribution in [0, 0.1) is 10.1 Å². The maximum Gasteiger partial charge on any atom is 0.338 e. The number of benzene rings is 4. The molecule has 1 aromatic heterocycles. The lowest BCUT2D eigenvalue weighted by Gasteiger charge is -2.09. The number of ether oxygens (including phenoxy) is 2. The molecule has 0 saturated heterocycles. The molecular weight excluding hydrogens is 510 g/mol. The van der Waals surface area contributed by atoms with Gasteiger partial charge in [-0.15, -0.1) is 10.2 Å².